The number of carbonyl (C=O) groups excluding carboxylic acids is 1. The molecule has 1 aromatic heterocycles. The first-order chi connectivity index (χ1) is 11.5. The molecule has 0 bridgehead atoms. The van der Waals surface area contributed by atoms with Gasteiger partial charge in [-0.15, -0.1) is 0 Å². The van der Waals surface area contributed by atoms with Crippen LogP contribution in [0.15, 0.2) is 6.20 Å². The van der Waals surface area contributed by atoms with Gasteiger partial charge in [0, 0.05) is 6.54 Å². The lowest BCUT2D eigenvalue weighted by molar-refractivity contribution is -0.384. The smallest absolute Gasteiger partial charge is 0.334 e. The standard InChI is InChI=1S/C12H15ClN4O5.C2H6/c1-3-12(10(18)21-2)7-22-5-4-16(12)9-8(17(19)20)6-14-11(13)15-9;1-2/h6H,3-5,7H2,1-2H3;1-2H3. The van der Waals surface area contributed by atoms with Crippen molar-refractivity contribution in [1.82, 2.24) is 9.97 Å². The molecule has 1 aliphatic heterocycles. The number of esters is 1. The Morgan fingerprint density at radius 2 is 2.25 bits per heavy atom. The molecule has 0 amide bonds. The van der Waals surface area contributed by atoms with E-state index >= 15 is 0 Å². The highest BCUT2D eigenvalue weighted by atomic mass is 35.5. The highest BCUT2D eigenvalue weighted by Crippen LogP contribution is 2.35. The van der Waals surface area contributed by atoms with E-state index in [1.807, 2.05) is 13.8 Å². The molecule has 1 aliphatic rings. The molecular formula is C14H21ClN4O5. The maximum absolute atomic E-state index is 12.3. The largest absolute Gasteiger partial charge is 0.467 e. The van der Waals surface area contributed by atoms with E-state index in [1.165, 1.54) is 12.0 Å². The molecule has 9 nitrogen and oxygen atoms in total. The zero-order valence-electron chi connectivity index (χ0n) is 14.1. The summed E-state index contributed by atoms with van der Waals surface area (Å²) in [5.74, 6) is -0.556. The van der Waals surface area contributed by atoms with Crippen LogP contribution in [0.2, 0.25) is 5.28 Å². The van der Waals surface area contributed by atoms with Crippen LogP contribution in [0, 0.1) is 10.1 Å². The molecular weight excluding hydrogens is 340 g/mol. The molecule has 0 saturated carbocycles. The van der Waals surface area contributed by atoms with Gasteiger partial charge in [0.15, 0.2) is 5.54 Å². The summed E-state index contributed by atoms with van der Waals surface area (Å²) >= 11 is 5.77. The molecule has 0 spiro atoms. The molecule has 1 saturated heterocycles. The summed E-state index contributed by atoms with van der Waals surface area (Å²) in [6, 6.07) is 0. The first kappa shape index (κ1) is 20.0. The fourth-order valence-electron chi connectivity index (χ4n) is 2.47. The van der Waals surface area contributed by atoms with Crippen LogP contribution in [-0.4, -0.2) is 53.3 Å². The Bertz CT molecular complexity index is 601. The Kier molecular flexibility index (Phi) is 7.30. The van der Waals surface area contributed by atoms with Crippen molar-refractivity contribution in [1.29, 1.82) is 0 Å². The minimum atomic E-state index is -1.19. The fraction of sp³-hybridized carbons (Fsp3) is 0.643. The number of carbonyl (C=O) groups is 1. The average Bonchev–Trinajstić information content (AvgIpc) is 2.62. The number of nitro groups is 1. The Morgan fingerprint density at radius 1 is 1.58 bits per heavy atom. The monoisotopic (exact) mass is 360 g/mol. The van der Waals surface area contributed by atoms with Crippen molar-refractivity contribution in [2.45, 2.75) is 32.7 Å². The lowest BCUT2D eigenvalue weighted by atomic mass is 9.93. The number of halogens is 1. The van der Waals surface area contributed by atoms with Crippen molar-refractivity contribution in [3.05, 3.63) is 21.6 Å². The van der Waals surface area contributed by atoms with Gasteiger partial charge >= 0.3 is 11.7 Å². The third-order valence-electron chi connectivity index (χ3n) is 3.64. The number of ether oxygens (including phenoxy) is 2. The van der Waals surface area contributed by atoms with E-state index in [-0.39, 0.29) is 29.9 Å². The van der Waals surface area contributed by atoms with Crippen molar-refractivity contribution >= 4 is 29.1 Å². The van der Waals surface area contributed by atoms with E-state index in [1.54, 1.807) is 6.92 Å². The first-order valence-corrected chi connectivity index (χ1v) is 7.94. The van der Waals surface area contributed by atoms with E-state index in [0.717, 1.165) is 6.20 Å². The fourth-order valence-corrected chi connectivity index (χ4v) is 2.60. The van der Waals surface area contributed by atoms with E-state index in [9.17, 15) is 14.9 Å². The predicted molar refractivity (Wildman–Crippen MR) is 88.2 cm³/mol. The van der Waals surface area contributed by atoms with Crippen LogP contribution in [0.1, 0.15) is 27.2 Å². The van der Waals surface area contributed by atoms with Crippen molar-refractivity contribution in [2.75, 3.05) is 31.8 Å². The molecule has 2 rings (SSSR count). The van der Waals surface area contributed by atoms with Gasteiger partial charge in [0.1, 0.15) is 6.20 Å². The third kappa shape index (κ3) is 3.73. The number of nitrogens with zero attached hydrogens (tertiary/aromatic N) is 4. The second-order valence-corrected chi connectivity index (χ2v) is 5.02. The van der Waals surface area contributed by atoms with Crippen LogP contribution in [0.25, 0.3) is 0 Å². The lowest BCUT2D eigenvalue weighted by Crippen LogP contribution is -2.62. The van der Waals surface area contributed by atoms with Crippen LogP contribution in [0.3, 0.4) is 0 Å². The van der Waals surface area contributed by atoms with Gasteiger partial charge in [0.2, 0.25) is 11.1 Å². The summed E-state index contributed by atoms with van der Waals surface area (Å²) in [4.78, 5) is 32.0. The van der Waals surface area contributed by atoms with E-state index < -0.39 is 16.4 Å². The minimum absolute atomic E-state index is 0.0134. The highest BCUT2D eigenvalue weighted by molar-refractivity contribution is 6.28. The van der Waals surface area contributed by atoms with Crippen molar-refractivity contribution in [3.63, 3.8) is 0 Å². The predicted octanol–water partition coefficient (Wildman–Crippen LogP) is 2.22. The second kappa shape index (κ2) is 8.74. The van der Waals surface area contributed by atoms with Gasteiger partial charge in [-0.3, -0.25) is 10.1 Å². The van der Waals surface area contributed by atoms with Crippen LogP contribution in [0.4, 0.5) is 11.5 Å². The van der Waals surface area contributed by atoms with Gasteiger partial charge in [0.05, 0.1) is 25.2 Å². The lowest BCUT2D eigenvalue weighted by Gasteiger charge is -2.44. The normalized spacial score (nSPS) is 20.0. The number of hydrogen-bond donors (Lipinski definition) is 0. The van der Waals surface area contributed by atoms with Gasteiger partial charge < -0.3 is 14.4 Å². The summed E-state index contributed by atoms with van der Waals surface area (Å²) in [5.41, 5.74) is -1.51. The van der Waals surface area contributed by atoms with Crippen LogP contribution < -0.4 is 4.90 Å². The molecule has 1 atom stereocenters. The summed E-state index contributed by atoms with van der Waals surface area (Å²) in [5, 5.41) is 11.1. The molecule has 1 aromatic rings. The Labute approximate surface area is 145 Å². The SMILES string of the molecule is CC.CCC1(C(=O)OC)COCCN1c1nc(Cl)ncc1[N+](=O)[O-]. The zero-order chi connectivity index (χ0) is 18.3. The molecule has 0 N–H and O–H groups in total. The molecule has 24 heavy (non-hydrogen) atoms. The molecule has 0 radical (unpaired) electrons. The number of aromatic nitrogens is 2. The highest BCUT2D eigenvalue weighted by Gasteiger charge is 2.49. The molecule has 2 heterocycles. The molecule has 1 unspecified atom stereocenters. The summed E-state index contributed by atoms with van der Waals surface area (Å²) in [6.45, 7) is 6.37. The molecule has 1 fully saturated rings. The number of rotatable bonds is 4. The zero-order valence-corrected chi connectivity index (χ0v) is 14.9. The Balaban J connectivity index is 0.00000139. The number of anilines is 1. The minimum Gasteiger partial charge on any atom is -0.467 e. The van der Waals surface area contributed by atoms with Gasteiger partial charge in [-0.05, 0) is 18.0 Å². The number of methoxy groups -OCH3 is 1. The average molecular weight is 361 g/mol. The summed E-state index contributed by atoms with van der Waals surface area (Å²) in [7, 11) is 1.26. The molecule has 10 heteroatoms. The van der Waals surface area contributed by atoms with Gasteiger partial charge in [-0.25, -0.2) is 9.78 Å². The quantitative estimate of drug-likeness (QED) is 0.348. The van der Waals surface area contributed by atoms with Crippen LogP contribution in [-0.2, 0) is 14.3 Å². The van der Waals surface area contributed by atoms with E-state index in [4.69, 9.17) is 21.1 Å². The summed E-state index contributed by atoms with van der Waals surface area (Å²) in [6.07, 6.45) is 1.36. The van der Waals surface area contributed by atoms with Crippen molar-refractivity contribution < 1.29 is 19.2 Å². The number of hydrogen-bond acceptors (Lipinski definition) is 8. The third-order valence-corrected chi connectivity index (χ3v) is 3.82. The maximum Gasteiger partial charge on any atom is 0.334 e. The molecule has 0 aliphatic carbocycles. The van der Waals surface area contributed by atoms with Crippen LogP contribution in [0.5, 0.6) is 0 Å². The van der Waals surface area contributed by atoms with Crippen molar-refractivity contribution in [2.24, 2.45) is 0 Å². The molecule has 134 valence electrons. The second-order valence-electron chi connectivity index (χ2n) is 4.69. The van der Waals surface area contributed by atoms with Gasteiger partial charge in [0.25, 0.3) is 0 Å². The first-order valence-electron chi connectivity index (χ1n) is 7.57. The Hall–Kier alpha value is -2.00. The Morgan fingerprint density at radius 3 is 2.79 bits per heavy atom. The van der Waals surface area contributed by atoms with Gasteiger partial charge in [-0.2, -0.15) is 4.98 Å². The topological polar surface area (TPSA) is 108 Å². The van der Waals surface area contributed by atoms with Gasteiger partial charge in [-0.1, -0.05) is 20.8 Å². The summed E-state index contributed by atoms with van der Waals surface area (Å²) < 4.78 is 10.3. The maximum atomic E-state index is 12.3. The van der Waals surface area contributed by atoms with E-state index in [2.05, 4.69) is 9.97 Å². The van der Waals surface area contributed by atoms with E-state index in [0.29, 0.717) is 13.0 Å². The molecule has 0 aromatic carbocycles. The van der Waals surface area contributed by atoms with Crippen molar-refractivity contribution in [3.8, 4) is 0 Å². The van der Waals surface area contributed by atoms with Crippen LogP contribution >= 0.6 is 11.6 Å². The number of morpholine rings is 1.